The summed E-state index contributed by atoms with van der Waals surface area (Å²) in [4.78, 5) is 12.7. The topological polar surface area (TPSA) is 59.8 Å². The first-order chi connectivity index (χ1) is 13.6. The Morgan fingerprint density at radius 1 is 1.14 bits per heavy atom. The number of nitrogens with one attached hydrogen (secondary N) is 1. The number of hydrogen-bond acceptors (Lipinski definition) is 4. The van der Waals surface area contributed by atoms with Crippen LogP contribution < -0.4 is 5.32 Å². The van der Waals surface area contributed by atoms with Crippen molar-refractivity contribution in [1.82, 2.24) is 20.1 Å². The molecule has 144 valence electrons. The summed E-state index contributed by atoms with van der Waals surface area (Å²) in [5.41, 5.74) is 2.02. The lowest BCUT2D eigenvalue weighted by Crippen LogP contribution is -2.30. The Morgan fingerprint density at radius 2 is 1.82 bits per heavy atom. The summed E-state index contributed by atoms with van der Waals surface area (Å²) < 4.78 is 2.14. The van der Waals surface area contributed by atoms with Crippen molar-refractivity contribution in [1.29, 1.82) is 0 Å². The highest BCUT2D eigenvalue weighted by atomic mass is 35.5. The molecule has 0 spiro atoms. The summed E-state index contributed by atoms with van der Waals surface area (Å²) in [6, 6.07) is 17.8. The first-order valence-electron chi connectivity index (χ1n) is 9.26. The lowest BCUT2D eigenvalue weighted by Gasteiger charge is -2.20. The largest absolute Gasteiger partial charge is 0.344 e. The summed E-state index contributed by atoms with van der Waals surface area (Å²) in [6.45, 7) is 1.96. The van der Waals surface area contributed by atoms with E-state index in [1.54, 1.807) is 0 Å². The highest BCUT2D eigenvalue weighted by molar-refractivity contribution is 7.99. The fourth-order valence-electron chi connectivity index (χ4n) is 3.19. The molecule has 4 rings (SSSR count). The van der Waals surface area contributed by atoms with Crippen LogP contribution in [-0.2, 0) is 4.79 Å². The van der Waals surface area contributed by atoms with E-state index in [4.69, 9.17) is 11.6 Å². The highest BCUT2D eigenvalue weighted by Gasteiger charge is 2.28. The zero-order valence-electron chi connectivity index (χ0n) is 15.5. The molecule has 0 saturated heterocycles. The van der Waals surface area contributed by atoms with Crippen LogP contribution in [0.25, 0.3) is 0 Å². The van der Waals surface area contributed by atoms with Gasteiger partial charge in [-0.05, 0) is 43.0 Å². The number of hydrogen-bond donors (Lipinski definition) is 1. The Hall–Kier alpha value is -2.31. The number of thioether (sulfide) groups is 1. The molecule has 1 fully saturated rings. The number of benzene rings is 2. The number of amides is 1. The van der Waals surface area contributed by atoms with E-state index in [0.717, 1.165) is 34.9 Å². The van der Waals surface area contributed by atoms with Crippen molar-refractivity contribution in [3.63, 3.8) is 0 Å². The zero-order chi connectivity index (χ0) is 19.5. The van der Waals surface area contributed by atoms with E-state index < -0.39 is 0 Å². The summed E-state index contributed by atoms with van der Waals surface area (Å²) in [7, 11) is 0. The predicted molar refractivity (Wildman–Crippen MR) is 112 cm³/mol. The SMILES string of the molecule is Cc1nnc(SCC(=O)N[C@@H](c2ccccc2)c2ccc(Cl)cc2)n1C1CC1. The minimum absolute atomic E-state index is 0.0446. The third-order valence-electron chi connectivity index (χ3n) is 4.72. The summed E-state index contributed by atoms with van der Waals surface area (Å²) in [5.74, 6) is 1.16. The Kier molecular flexibility index (Phi) is 5.69. The molecule has 7 heteroatoms. The standard InChI is InChI=1S/C21H21ClN4OS/c1-14-24-25-21(26(14)18-11-12-18)28-13-19(27)23-20(15-5-3-2-4-6-15)16-7-9-17(22)10-8-16/h2-10,18,20H,11-13H2,1H3,(H,23,27)/t20-/m0/s1. The molecule has 2 aromatic carbocycles. The average Bonchev–Trinajstić information content (AvgIpc) is 3.48. The van der Waals surface area contributed by atoms with Gasteiger partial charge in [-0.15, -0.1) is 10.2 Å². The van der Waals surface area contributed by atoms with Gasteiger partial charge in [0.2, 0.25) is 5.91 Å². The first kappa shape index (κ1) is 19.0. The van der Waals surface area contributed by atoms with Crippen LogP contribution in [0.2, 0.25) is 5.02 Å². The van der Waals surface area contributed by atoms with Crippen LogP contribution in [-0.4, -0.2) is 26.4 Å². The third-order valence-corrected chi connectivity index (χ3v) is 5.92. The van der Waals surface area contributed by atoms with Crippen molar-refractivity contribution in [2.75, 3.05) is 5.75 Å². The van der Waals surface area contributed by atoms with E-state index in [1.165, 1.54) is 11.8 Å². The molecular formula is C21H21ClN4OS. The summed E-state index contributed by atoms with van der Waals surface area (Å²) >= 11 is 7.46. The van der Waals surface area contributed by atoms with Gasteiger partial charge in [-0.25, -0.2) is 0 Å². The van der Waals surface area contributed by atoms with Crippen LogP contribution in [0.5, 0.6) is 0 Å². The molecule has 1 N–H and O–H groups in total. The molecule has 3 aromatic rings. The van der Waals surface area contributed by atoms with Gasteiger partial charge in [-0.2, -0.15) is 0 Å². The smallest absolute Gasteiger partial charge is 0.231 e. The van der Waals surface area contributed by atoms with Crippen LogP contribution in [0.1, 0.15) is 41.9 Å². The zero-order valence-corrected chi connectivity index (χ0v) is 17.1. The average molecular weight is 413 g/mol. The number of aromatic nitrogens is 3. The second kappa shape index (κ2) is 8.37. The van der Waals surface area contributed by atoms with Crippen LogP contribution in [0, 0.1) is 6.92 Å². The molecule has 0 bridgehead atoms. The molecule has 1 saturated carbocycles. The maximum Gasteiger partial charge on any atom is 0.231 e. The van der Waals surface area contributed by atoms with Gasteiger partial charge in [-0.1, -0.05) is 65.8 Å². The van der Waals surface area contributed by atoms with Crippen molar-refractivity contribution in [2.24, 2.45) is 0 Å². The Morgan fingerprint density at radius 3 is 2.50 bits per heavy atom. The van der Waals surface area contributed by atoms with E-state index in [1.807, 2.05) is 61.5 Å². The maximum atomic E-state index is 12.7. The lowest BCUT2D eigenvalue weighted by molar-refractivity contribution is -0.119. The molecule has 0 unspecified atom stereocenters. The van der Waals surface area contributed by atoms with Crippen molar-refractivity contribution in [2.45, 2.75) is 37.0 Å². The van der Waals surface area contributed by atoms with Gasteiger partial charge in [0, 0.05) is 11.1 Å². The van der Waals surface area contributed by atoms with Gasteiger partial charge in [0.1, 0.15) is 5.82 Å². The summed E-state index contributed by atoms with van der Waals surface area (Å²) in [5, 5.41) is 13.0. The number of aryl methyl sites for hydroxylation is 1. The van der Waals surface area contributed by atoms with Gasteiger partial charge in [0.15, 0.2) is 5.16 Å². The summed E-state index contributed by atoms with van der Waals surface area (Å²) in [6.07, 6.45) is 2.32. The molecule has 28 heavy (non-hydrogen) atoms. The van der Waals surface area contributed by atoms with Gasteiger partial charge < -0.3 is 9.88 Å². The highest BCUT2D eigenvalue weighted by Crippen LogP contribution is 2.38. The normalized spacial score (nSPS) is 14.6. The van der Waals surface area contributed by atoms with Gasteiger partial charge in [-0.3, -0.25) is 4.79 Å². The quantitative estimate of drug-likeness (QED) is 0.577. The third kappa shape index (κ3) is 4.39. The number of rotatable bonds is 7. The minimum Gasteiger partial charge on any atom is -0.344 e. The monoisotopic (exact) mass is 412 g/mol. The van der Waals surface area contributed by atoms with Crippen molar-refractivity contribution in [3.05, 3.63) is 76.6 Å². The van der Waals surface area contributed by atoms with Crippen LogP contribution in [0.4, 0.5) is 0 Å². The fourth-order valence-corrected chi connectivity index (χ4v) is 4.18. The number of halogens is 1. The van der Waals surface area contributed by atoms with Crippen LogP contribution >= 0.6 is 23.4 Å². The molecule has 0 aliphatic heterocycles. The second-order valence-electron chi connectivity index (χ2n) is 6.88. The molecule has 1 aliphatic carbocycles. The van der Waals surface area contributed by atoms with Crippen molar-refractivity contribution >= 4 is 29.3 Å². The molecule has 0 radical (unpaired) electrons. The predicted octanol–water partition coefficient (Wildman–Crippen LogP) is 4.57. The molecule has 1 heterocycles. The Labute approximate surface area is 173 Å². The van der Waals surface area contributed by atoms with Gasteiger partial charge >= 0.3 is 0 Å². The van der Waals surface area contributed by atoms with Crippen LogP contribution in [0.3, 0.4) is 0 Å². The van der Waals surface area contributed by atoms with Gasteiger partial charge in [0.05, 0.1) is 11.8 Å². The molecule has 1 aromatic heterocycles. The van der Waals surface area contributed by atoms with E-state index >= 15 is 0 Å². The molecule has 1 atom stereocenters. The number of nitrogens with zero attached hydrogens (tertiary/aromatic N) is 3. The van der Waals surface area contributed by atoms with Crippen LogP contribution in [0.15, 0.2) is 59.8 Å². The Balaban J connectivity index is 1.47. The lowest BCUT2D eigenvalue weighted by atomic mass is 9.99. The number of carbonyl (C=O) groups is 1. The van der Waals surface area contributed by atoms with Crippen molar-refractivity contribution < 1.29 is 4.79 Å². The van der Waals surface area contributed by atoms with Crippen molar-refractivity contribution in [3.8, 4) is 0 Å². The molecule has 1 amide bonds. The van der Waals surface area contributed by atoms with E-state index in [9.17, 15) is 4.79 Å². The van der Waals surface area contributed by atoms with Gasteiger partial charge in [0.25, 0.3) is 0 Å². The molecular weight excluding hydrogens is 392 g/mol. The van der Waals surface area contributed by atoms with E-state index in [2.05, 4.69) is 20.1 Å². The maximum absolute atomic E-state index is 12.7. The molecule has 1 aliphatic rings. The molecule has 5 nitrogen and oxygen atoms in total. The van der Waals surface area contributed by atoms with E-state index in [0.29, 0.717) is 16.8 Å². The van der Waals surface area contributed by atoms with E-state index in [-0.39, 0.29) is 11.9 Å². The second-order valence-corrected chi connectivity index (χ2v) is 8.26. The minimum atomic E-state index is -0.227. The Bertz CT molecular complexity index is 954. The number of carbonyl (C=O) groups excluding carboxylic acids is 1. The first-order valence-corrected chi connectivity index (χ1v) is 10.6. The fraction of sp³-hybridized carbons (Fsp3) is 0.286.